The van der Waals surface area contributed by atoms with E-state index in [1.165, 1.54) is 19.8 Å². The van der Waals surface area contributed by atoms with Crippen molar-refractivity contribution in [2.45, 2.75) is 32.7 Å². The van der Waals surface area contributed by atoms with Gasteiger partial charge in [-0.2, -0.15) is 5.10 Å². The normalized spacial score (nSPS) is 17.0. The fourth-order valence-corrected chi connectivity index (χ4v) is 5.09. The smallest absolute Gasteiger partial charge is 0.267 e. The Kier molecular flexibility index (Phi) is 4.50. The average molecular weight is 389 g/mol. The molecule has 1 atom stereocenters. The summed E-state index contributed by atoms with van der Waals surface area (Å²) in [5.41, 5.74) is 8.83. The van der Waals surface area contributed by atoms with Gasteiger partial charge in [-0.25, -0.2) is 4.52 Å². The van der Waals surface area contributed by atoms with Gasteiger partial charge in [-0.3, -0.25) is 4.79 Å². The molecule has 3 aromatic rings. The van der Waals surface area contributed by atoms with Crippen LogP contribution in [-0.4, -0.2) is 22.1 Å². The third-order valence-corrected chi connectivity index (χ3v) is 6.40. The third-order valence-electron chi connectivity index (χ3n) is 4.76. The minimum Gasteiger partial charge on any atom is -0.364 e. The maximum absolute atomic E-state index is 11.5. The molecule has 5 nitrogen and oxygen atoms in total. The first-order valence-electron chi connectivity index (χ1n) is 8.77. The number of aromatic nitrogens is 2. The Labute approximate surface area is 161 Å². The maximum Gasteiger partial charge on any atom is 0.267 e. The molecule has 4 heterocycles. The molecule has 4 rings (SSSR count). The van der Waals surface area contributed by atoms with E-state index >= 15 is 0 Å². The number of hydrogen-bond donors (Lipinski definition) is 2. The molecule has 7 heteroatoms. The van der Waals surface area contributed by atoms with Crippen molar-refractivity contribution >= 4 is 34.4 Å². The second kappa shape index (κ2) is 6.68. The number of carbonyl (C=O) groups excluding carboxylic acids is 1. The number of carbonyl (C=O) groups is 1. The van der Waals surface area contributed by atoms with Crippen molar-refractivity contribution in [3.8, 4) is 10.4 Å². The molecule has 0 saturated carbocycles. The van der Waals surface area contributed by atoms with Crippen molar-refractivity contribution in [2.24, 2.45) is 11.7 Å². The minimum absolute atomic E-state index is 0.295. The Morgan fingerprint density at radius 1 is 1.46 bits per heavy atom. The Morgan fingerprint density at radius 2 is 2.27 bits per heavy atom. The predicted molar refractivity (Wildman–Crippen MR) is 106 cm³/mol. The number of fused-ring (bicyclic) bond motifs is 2. The van der Waals surface area contributed by atoms with Crippen molar-refractivity contribution in [3.05, 3.63) is 45.6 Å². The molecule has 1 aliphatic heterocycles. The summed E-state index contributed by atoms with van der Waals surface area (Å²) in [5, 5.41) is 8.52. The second-order valence-electron chi connectivity index (χ2n) is 7.17. The summed E-state index contributed by atoms with van der Waals surface area (Å²) in [6.45, 7) is 5.53. The zero-order chi connectivity index (χ0) is 18.4. The van der Waals surface area contributed by atoms with E-state index in [0.717, 1.165) is 24.9 Å². The van der Waals surface area contributed by atoms with Crippen LogP contribution in [0.4, 0.5) is 0 Å². The molecule has 3 aromatic heterocycles. The molecule has 1 aliphatic rings. The lowest BCUT2D eigenvalue weighted by molar-refractivity contribution is 0.0993. The topological polar surface area (TPSA) is 72.4 Å². The number of amides is 1. The van der Waals surface area contributed by atoms with Gasteiger partial charge >= 0.3 is 0 Å². The van der Waals surface area contributed by atoms with Crippen LogP contribution < -0.4 is 11.1 Å². The molecule has 0 aromatic carbocycles. The largest absolute Gasteiger partial charge is 0.364 e. The molecule has 1 amide bonds. The van der Waals surface area contributed by atoms with Gasteiger partial charge in [0.15, 0.2) is 0 Å². The lowest BCUT2D eigenvalue weighted by Gasteiger charge is -2.25. The molecular formula is C19H21ClN4OS. The summed E-state index contributed by atoms with van der Waals surface area (Å²) < 4.78 is 1.50. The number of thiophene rings is 1. The van der Waals surface area contributed by atoms with Gasteiger partial charge in [-0.15, -0.1) is 11.3 Å². The number of rotatable bonds is 4. The van der Waals surface area contributed by atoms with E-state index in [-0.39, 0.29) is 0 Å². The number of nitrogens with two attached hydrogens (primary N) is 1. The predicted octanol–water partition coefficient (Wildman–Crippen LogP) is 4.05. The first-order valence-corrected chi connectivity index (χ1v) is 9.97. The van der Waals surface area contributed by atoms with E-state index in [1.807, 2.05) is 17.4 Å². The maximum atomic E-state index is 11.5. The van der Waals surface area contributed by atoms with Crippen LogP contribution >= 0.6 is 22.9 Å². The van der Waals surface area contributed by atoms with Crippen LogP contribution in [0.1, 0.15) is 47.2 Å². The van der Waals surface area contributed by atoms with Gasteiger partial charge in [0.1, 0.15) is 5.69 Å². The van der Waals surface area contributed by atoms with Crippen LogP contribution in [0.2, 0.25) is 5.02 Å². The quantitative estimate of drug-likeness (QED) is 0.708. The number of hydrogen-bond acceptors (Lipinski definition) is 4. The zero-order valence-corrected chi connectivity index (χ0v) is 16.3. The van der Waals surface area contributed by atoms with Gasteiger partial charge in [0.05, 0.1) is 16.7 Å². The first kappa shape index (κ1) is 17.5. The summed E-state index contributed by atoms with van der Waals surface area (Å²) in [6, 6.07) is 6.24. The number of primary amides is 1. The van der Waals surface area contributed by atoms with Gasteiger partial charge in [0.2, 0.25) is 0 Å². The van der Waals surface area contributed by atoms with Gasteiger partial charge in [0.25, 0.3) is 5.91 Å². The molecule has 1 unspecified atom stereocenters. The number of nitrogens with one attached hydrogen (secondary N) is 1. The summed E-state index contributed by atoms with van der Waals surface area (Å²) in [4.78, 5) is 14.1. The van der Waals surface area contributed by atoms with Crippen LogP contribution in [-0.2, 0) is 6.42 Å². The monoisotopic (exact) mass is 388 g/mol. The first-order chi connectivity index (χ1) is 12.4. The molecule has 136 valence electrons. The molecular weight excluding hydrogens is 368 g/mol. The van der Waals surface area contributed by atoms with Gasteiger partial charge < -0.3 is 11.1 Å². The highest BCUT2D eigenvalue weighted by Gasteiger charge is 2.24. The van der Waals surface area contributed by atoms with Crippen LogP contribution in [0.25, 0.3) is 16.0 Å². The highest BCUT2D eigenvalue weighted by molar-refractivity contribution is 7.15. The van der Waals surface area contributed by atoms with E-state index < -0.39 is 5.91 Å². The van der Waals surface area contributed by atoms with E-state index in [2.05, 4.69) is 30.3 Å². The zero-order valence-electron chi connectivity index (χ0n) is 14.8. The highest BCUT2D eigenvalue weighted by Crippen LogP contribution is 2.39. The van der Waals surface area contributed by atoms with Gasteiger partial charge in [-0.1, -0.05) is 25.4 Å². The van der Waals surface area contributed by atoms with Crippen molar-refractivity contribution in [3.63, 3.8) is 0 Å². The van der Waals surface area contributed by atoms with E-state index in [9.17, 15) is 4.79 Å². The van der Waals surface area contributed by atoms with Crippen LogP contribution in [0, 0.1) is 5.92 Å². The molecule has 0 radical (unpaired) electrons. The fourth-order valence-electron chi connectivity index (χ4n) is 3.57. The third kappa shape index (κ3) is 3.02. The van der Waals surface area contributed by atoms with Crippen LogP contribution in [0.15, 0.2) is 24.4 Å². The summed E-state index contributed by atoms with van der Waals surface area (Å²) in [5.74, 6) is 0.107. The van der Waals surface area contributed by atoms with Crippen molar-refractivity contribution in [2.75, 3.05) is 6.54 Å². The summed E-state index contributed by atoms with van der Waals surface area (Å²) in [7, 11) is 0. The lowest BCUT2D eigenvalue weighted by atomic mass is 9.96. The number of halogens is 1. The highest BCUT2D eigenvalue weighted by atomic mass is 35.5. The SMILES string of the molecule is CC(C)CC1NCCc2cc(-c3cnn4c(C(N)=O)cc(Cl)c4c3)sc21. The fraction of sp³-hybridized carbons (Fsp3) is 0.368. The standard InChI is InChI=1S/C19H21ClN4OS/c1-10(2)5-14-18-11(3-4-22-14)7-17(26-18)12-6-15-13(20)8-16(19(21)25)24(15)23-9-12/h6-10,14,22H,3-5H2,1-2H3,(H2,21,25). The Bertz CT molecular complexity index is 991. The lowest BCUT2D eigenvalue weighted by Crippen LogP contribution is -2.29. The Hall–Kier alpha value is -1.89. The summed E-state index contributed by atoms with van der Waals surface area (Å²) in [6.07, 6.45) is 3.96. The second-order valence-corrected chi connectivity index (χ2v) is 8.66. The Balaban J connectivity index is 1.76. The van der Waals surface area contributed by atoms with Crippen molar-refractivity contribution in [1.29, 1.82) is 0 Å². The van der Waals surface area contributed by atoms with E-state index in [4.69, 9.17) is 17.3 Å². The Morgan fingerprint density at radius 3 is 3.00 bits per heavy atom. The minimum atomic E-state index is -0.540. The average Bonchev–Trinajstić information content (AvgIpc) is 3.16. The van der Waals surface area contributed by atoms with Crippen molar-refractivity contribution in [1.82, 2.24) is 14.9 Å². The molecule has 0 fully saturated rings. The van der Waals surface area contributed by atoms with Crippen molar-refractivity contribution < 1.29 is 4.79 Å². The molecule has 0 aliphatic carbocycles. The van der Waals surface area contributed by atoms with Crippen LogP contribution in [0.3, 0.4) is 0 Å². The van der Waals surface area contributed by atoms with E-state index in [1.54, 1.807) is 12.3 Å². The van der Waals surface area contributed by atoms with Gasteiger partial charge in [-0.05, 0) is 49.1 Å². The van der Waals surface area contributed by atoms with Gasteiger partial charge in [0, 0.05) is 21.4 Å². The van der Waals surface area contributed by atoms with E-state index in [0.29, 0.717) is 28.2 Å². The van der Waals surface area contributed by atoms with Crippen LogP contribution in [0.5, 0.6) is 0 Å². The molecule has 0 bridgehead atoms. The molecule has 3 N–H and O–H groups in total. The summed E-state index contributed by atoms with van der Waals surface area (Å²) >= 11 is 8.11. The number of nitrogens with zero attached hydrogens (tertiary/aromatic N) is 2. The molecule has 0 spiro atoms. The molecule has 26 heavy (non-hydrogen) atoms. The molecule has 0 saturated heterocycles.